The van der Waals surface area contributed by atoms with Crippen LogP contribution < -0.4 is 10.2 Å². The molecule has 7 heteroatoms. The Bertz CT molecular complexity index is 802. The summed E-state index contributed by atoms with van der Waals surface area (Å²) in [4.78, 5) is 27.8. The lowest BCUT2D eigenvalue weighted by molar-refractivity contribution is 0.102. The minimum absolute atomic E-state index is 0.271. The number of nitrogens with one attached hydrogen (secondary N) is 1. The van der Waals surface area contributed by atoms with Crippen LogP contribution in [0.15, 0.2) is 48.5 Å². The third-order valence-corrected chi connectivity index (χ3v) is 4.38. The molecule has 0 atom stereocenters. The first kappa shape index (κ1) is 18.7. The van der Waals surface area contributed by atoms with Crippen molar-refractivity contribution in [3.63, 3.8) is 0 Å². The lowest BCUT2D eigenvalue weighted by atomic mass is 10.2. The molecule has 2 amide bonds. The molecule has 1 saturated heterocycles. The zero-order valence-electron chi connectivity index (χ0n) is 15.2. The Morgan fingerprint density at radius 1 is 1.07 bits per heavy atom. The maximum Gasteiger partial charge on any atom is 0.409 e. The Labute approximate surface area is 157 Å². The van der Waals surface area contributed by atoms with Gasteiger partial charge < -0.3 is 19.9 Å². The quantitative estimate of drug-likeness (QED) is 0.895. The van der Waals surface area contributed by atoms with Crippen molar-refractivity contribution in [2.75, 3.05) is 43.0 Å². The normalized spacial score (nSPS) is 14.0. The molecule has 1 aliphatic heterocycles. The summed E-state index contributed by atoms with van der Waals surface area (Å²) in [6.45, 7) is 4.82. The number of nitrogens with zero attached hydrogens (tertiary/aromatic N) is 2. The van der Waals surface area contributed by atoms with Crippen LogP contribution in [0.3, 0.4) is 0 Å². The molecule has 6 nitrogen and oxygen atoms in total. The molecule has 142 valence electrons. The van der Waals surface area contributed by atoms with Crippen molar-refractivity contribution in [3.05, 3.63) is 59.9 Å². The molecule has 0 saturated carbocycles. The molecule has 1 heterocycles. The molecule has 3 rings (SSSR count). The smallest absolute Gasteiger partial charge is 0.409 e. The van der Waals surface area contributed by atoms with E-state index in [9.17, 15) is 14.0 Å². The van der Waals surface area contributed by atoms with Crippen LogP contribution in [0, 0.1) is 5.82 Å². The maximum atomic E-state index is 13.2. The van der Waals surface area contributed by atoms with Crippen molar-refractivity contribution in [1.82, 2.24) is 4.90 Å². The lowest BCUT2D eigenvalue weighted by Gasteiger charge is -2.35. The van der Waals surface area contributed by atoms with E-state index in [1.54, 1.807) is 17.9 Å². The van der Waals surface area contributed by atoms with Crippen LogP contribution >= 0.6 is 0 Å². The number of piperazine rings is 1. The first-order valence-corrected chi connectivity index (χ1v) is 8.90. The Balaban J connectivity index is 1.56. The van der Waals surface area contributed by atoms with Gasteiger partial charge in [-0.05, 0) is 49.4 Å². The predicted molar refractivity (Wildman–Crippen MR) is 102 cm³/mol. The minimum Gasteiger partial charge on any atom is -0.450 e. The number of ether oxygens (including phenoxy) is 1. The van der Waals surface area contributed by atoms with Crippen LogP contribution in [0.5, 0.6) is 0 Å². The molecule has 27 heavy (non-hydrogen) atoms. The van der Waals surface area contributed by atoms with Gasteiger partial charge in [0.1, 0.15) is 5.82 Å². The van der Waals surface area contributed by atoms with Gasteiger partial charge in [-0.25, -0.2) is 9.18 Å². The first-order chi connectivity index (χ1) is 13.1. The first-order valence-electron chi connectivity index (χ1n) is 8.90. The molecule has 1 N–H and O–H groups in total. The van der Waals surface area contributed by atoms with E-state index in [0.29, 0.717) is 38.5 Å². The maximum absolute atomic E-state index is 13.2. The van der Waals surface area contributed by atoms with Crippen LogP contribution in [0.1, 0.15) is 17.3 Å². The fourth-order valence-corrected chi connectivity index (χ4v) is 2.95. The number of hydrogen-bond donors (Lipinski definition) is 1. The van der Waals surface area contributed by atoms with E-state index >= 15 is 0 Å². The van der Waals surface area contributed by atoms with Gasteiger partial charge in [0, 0.05) is 43.1 Å². The van der Waals surface area contributed by atoms with Gasteiger partial charge in [-0.1, -0.05) is 6.07 Å². The summed E-state index contributed by atoms with van der Waals surface area (Å²) in [6, 6.07) is 13.0. The van der Waals surface area contributed by atoms with E-state index in [2.05, 4.69) is 10.2 Å². The highest BCUT2D eigenvalue weighted by atomic mass is 19.1. The number of halogens is 1. The monoisotopic (exact) mass is 371 g/mol. The van der Waals surface area contributed by atoms with Crippen LogP contribution in [-0.4, -0.2) is 49.7 Å². The second kappa shape index (κ2) is 8.53. The van der Waals surface area contributed by atoms with E-state index < -0.39 is 5.82 Å². The highest BCUT2D eigenvalue weighted by Gasteiger charge is 2.22. The molecule has 0 aromatic heterocycles. The zero-order valence-corrected chi connectivity index (χ0v) is 15.2. The lowest BCUT2D eigenvalue weighted by Crippen LogP contribution is -2.49. The standard InChI is InChI=1S/C20H22FN3O3/c1-2-27-20(26)24-12-10-23(11-13-24)18-8-6-17(7-9-18)22-19(25)15-4-3-5-16(21)14-15/h3-9,14H,2,10-13H2,1H3,(H,22,25). The fraction of sp³-hybridized carbons (Fsp3) is 0.300. The number of benzene rings is 2. The van der Waals surface area contributed by atoms with Crippen molar-refractivity contribution in [2.45, 2.75) is 6.92 Å². The van der Waals surface area contributed by atoms with Crippen molar-refractivity contribution in [3.8, 4) is 0 Å². The van der Waals surface area contributed by atoms with Crippen molar-refractivity contribution < 1.29 is 18.7 Å². The van der Waals surface area contributed by atoms with Gasteiger partial charge in [0.2, 0.25) is 0 Å². The average Bonchev–Trinajstić information content (AvgIpc) is 2.69. The summed E-state index contributed by atoms with van der Waals surface area (Å²) in [5.74, 6) is -0.801. The van der Waals surface area contributed by atoms with Gasteiger partial charge in [0.05, 0.1) is 6.61 Å². The molecule has 0 bridgehead atoms. The molecule has 1 fully saturated rings. The second-order valence-corrected chi connectivity index (χ2v) is 6.18. The SMILES string of the molecule is CCOC(=O)N1CCN(c2ccc(NC(=O)c3cccc(F)c3)cc2)CC1. The molecule has 0 unspecified atom stereocenters. The summed E-state index contributed by atoms with van der Waals surface area (Å²) in [6.07, 6.45) is -0.271. The average molecular weight is 371 g/mol. The van der Waals surface area contributed by atoms with E-state index in [4.69, 9.17) is 4.74 Å². The van der Waals surface area contributed by atoms with E-state index in [-0.39, 0.29) is 17.6 Å². The third kappa shape index (κ3) is 4.75. The number of carbonyl (C=O) groups is 2. The number of carbonyl (C=O) groups excluding carboxylic acids is 2. The topological polar surface area (TPSA) is 61.9 Å². The summed E-state index contributed by atoms with van der Waals surface area (Å²) in [5.41, 5.74) is 1.93. The molecule has 0 aliphatic carbocycles. The van der Waals surface area contributed by atoms with Gasteiger partial charge in [0.15, 0.2) is 0 Å². The summed E-state index contributed by atoms with van der Waals surface area (Å²) in [7, 11) is 0. The second-order valence-electron chi connectivity index (χ2n) is 6.18. The molecule has 1 aliphatic rings. The Morgan fingerprint density at radius 3 is 2.41 bits per heavy atom. The van der Waals surface area contributed by atoms with Crippen LogP contribution in [-0.2, 0) is 4.74 Å². The van der Waals surface area contributed by atoms with Gasteiger partial charge in [-0.3, -0.25) is 4.79 Å². The number of hydrogen-bond acceptors (Lipinski definition) is 4. The Kier molecular flexibility index (Phi) is 5.90. The van der Waals surface area contributed by atoms with Crippen molar-refractivity contribution in [2.24, 2.45) is 0 Å². The molecule has 2 aromatic rings. The van der Waals surface area contributed by atoms with E-state index in [1.165, 1.54) is 18.2 Å². The molecule has 0 radical (unpaired) electrons. The summed E-state index contributed by atoms with van der Waals surface area (Å²) in [5, 5.41) is 2.76. The van der Waals surface area contributed by atoms with Gasteiger partial charge >= 0.3 is 6.09 Å². The van der Waals surface area contributed by atoms with Gasteiger partial charge in [0.25, 0.3) is 5.91 Å². The number of rotatable bonds is 4. The van der Waals surface area contributed by atoms with Gasteiger partial charge in [-0.2, -0.15) is 0 Å². The largest absolute Gasteiger partial charge is 0.450 e. The Morgan fingerprint density at radius 2 is 1.78 bits per heavy atom. The number of anilines is 2. The predicted octanol–water partition coefficient (Wildman–Crippen LogP) is 3.36. The van der Waals surface area contributed by atoms with Crippen LogP contribution in [0.2, 0.25) is 0 Å². The van der Waals surface area contributed by atoms with Gasteiger partial charge in [-0.15, -0.1) is 0 Å². The van der Waals surface area contributed by atoms with Crippen molar-refractivity contribution >= 4 is 23.4 Å². The Hall–Kier alpha value is -3.09. The van der Waals surface area contributed by atoms with E-state index in [1.807, 2.05) is 24.3 Å². The summed E-state index contributed by atoms with van der Waals surface area (Å²) < 4.78 is 18.3. The summed E-state index contributed by atoms with van der Waals surface area (Å²) >= 11 is 0. The molecular formula is C20H22FN3O3. The van der Waals surface area contributed by atoms with Crippen LogP contribution in [0.25, 0.3) is 0 Å². The fourth-order valence-electron chi connectivity index (χ4n) is 2.95. The molecule has 2 aromatic carbocycles. The minimum atomic E-state index is -0.444. The highest BCUT2D eigenvalue weighted by Crippen LogP contribution is 2.20. The van der Waals surface area contributed by atoms with Crippen molar-refractivity contribution in [1.29, 1.82) is 0 Å². The highest BCUT2D eigenvalue weighted by molar-refractivity contribution is 6.04. The number of amides is 2. The zero-order chi connectivity index (χ0) is 19.2. The van der Waals surface area contributed by atoms with E-state index in [0.717, 1.165) is 5.69 Å². The molecular weight excluding hydrogens is 349 g/mol. The van der Waals surface area contributed by atoms with Crippen LogP contribution in [0.4, 0.5) is 20.6 Å². The molecule has 0 spiro atoms. The third-order valence-electron chi connectivity index (χ3n) is 4.38.